The zero-order chi connectivity index (χ0) is 18.8. The number of benzene rings is 1. The standard InChI is InChI=1S/C22H29N3O2/c1-2-5-14-10-22(27)25-20-12-16(8-9-18(14)20)24-21(26)11-15-13-23-19-7-4-3-6-17(15)19/h3-4,6-7,13-14,16,18,20,23H,2,5,8-12H2,1H3,(H,24,26)(H,25,27). The molecule has 1 aliphatic carbocycles. The number of fused-ring (bicyclic) bond motifs is 2. The van der Waals surface area contributed by atoms with Gasteiger partial charge in [0.05, 0.1) is 6.42 Å². The van der Waals surface area contributed by atoms with E-state index in [1.807, 2.05) is 30.5 Å². The SMILES string of the molecule is CCCC1CC(=O)NC2CC(NC(=O)Cc3c[nH]c4ccccc34)CCC12. The molecule has 0 radical (unpaired) electrons. The third kappa shape index (κ3) is 3.87. The van der Waals surface area contributed by atoms with Crippen LogP contribution < -0.4 is 10.6 Å². The van der Waals surface area contributed by atoms with E-state index in [-0.39, 0.29) is 23.9 Å². The predicted molar refractivity (Wildman–Crippen MR) is 106 cm³/mol. The number of piperidine rings is 1. The summed E-state index contributed by atoms with van der Waals surface area (Å²) in [6.45, 7) is 2.19. The van der Waals surface area contributed by atoms with Crippen molar-refractivity contribution in [3.63, 3.8) is 0 Å². The number of hydrogen-bond acceptors (Lipinski definition) is 2. The molecule has 3 N–H and O–H groups in total. The molecule has 5 heteroatoms. The fraction of sp³-hybridized carbons (Fsp3) is 0.545. The lowest BCUT2D eigenvalue weighted by atomic mass is 9.70. The summed E-state index contributed by atoms with van der Waals surface area (Å²) in [6.07, 6.45) is 8.21. The average molecular weight is 367 g/mol. The molecule has 4 atom stereocenters. The van der Waals surface area contributed by atoms with Crippen LogP contribution in [0.1, 0.15) is 51.0 Å². The Hall–Kier alpha value is -2.30. The Labute approximate surface area is 160 Å². The zero-order valence-corrected chi connectivity index (χ0v) is 16.0. The molecule has 1 aliphatic heterocycles. The monoisotopic (exact) mass is 367 g/mol. The van der Waals surface area contributed by atoms with Crippen molar-refractivity contribution in [2.45, 2.75) is 64.0 Å². The van der Waals surface area contributed by atoms with Gasteiger partial charge in [-0.1, -0.05) is 31.5 Å². The first-order chi connectivity index (χ1) is 13.1. The Morgan fingerprint density at radius 3 is 2.96 bits per heavy atom. The molecule has 2 amide bonds. The molecule has 2 heterocycles. The van der Waals surface area contributed by atoms with Crippen molar-refractivity contribution in [2.24, 2.45) is 11.8 Å². The summed E-state index contributed by atoms with van der Waals surface area (Å²) in [4.78, 5) is 27.9. The Morgan fingerprint density at radius 2 is 2.11 bits per heavy atom. The highest BCUT2D eigenvalue weighted by atomic mass is 16.2. The molecule has 0 bridgehead atoms. The fourth-order valence-corrected chi connectivity index (χ4v) is 5.13. The Kier molecular flexibility index (Phi) is 5.19. The number of hydrogen-bond donors (Lipinski definition) is 3. The van der Waals surface area contributed by atoms with E-state index in [4.69, 9.17) is 0 Å². The van der Waals surface area contributed by atoms with Gasteiger partial charge < -0.3 is 15.6 Å². The van der Waals surface area contributed by atoms with Gasteiger partial charge in [0.15, 0.2) is 0 Å². The van der Waals surface area contributed by atoms with E-state index in [2.05, 4.69) is 22.5 Å². The van der Waals surface area contributed by atoms with Crippen molar-refractivity contribution in [3.05, 3.63) is 36.0 Å². The summed E-state index contributed by atoms with van der Waals surface area (Å²) in [7, 11) is 0. The molecule has 0 spiro atoms. The first-order valence-electron chi connectivity index (χ1n) is 10.3. The van der Waals surface area contributed by atoms with Crippen LogP contribution in [0.25, 0.3) is 10.9 Å². The van der Waals surface area contributed by atoms with E-state index < -0.39 is 0 Å². The van der Waals surface area contributed by atoms with E-state index in [1.54, 1.807) is 0 Å². The molecule has 27 heavy (non-hydrogen) atoms. The smallest absolute Gasteiger partial charge is 0.224 e. The summed E-state index contributed by atoms with van der Waals surface area (Å²) in [5.74, 6) is 1.33. The van der Waals surface area contributed by atoms with E-state index in [0.29, 0.717) is 24.7 Å². The van der Waals surface area contributed by atoms with E-state index in [9.17, 15) is 9.59 Å². The van der Waals surface area contributed by atoms with E-state index in [0.717, 1.165) is 48.6 Å². The Morgan fingerprint density at radius 1 is 1.26 bits per heavy atom. The van der Waals surface area contributed by atoms with Gasteiger partial charge in [-0.15, -0.1) is 0 Å². The second-order valence-corrected chi connectivity index (χ2v) is 8.20. The molecule has 4 rings (SSSR count). The van der Waals surface area contributed by atoms with Crippen LogP contribution in [-0.2, 0) is 16.0 Å². The maximum atomic E-state index is 12.6. The van der Waals surface area contributed by atoms with Gasteiger partial charge in [-0.2, -0.15) is 0 Å². The first kappa shape index (κ1) is 18.1. The lowest BCUT2D eigenvalue weighted by Crippen LogP contribution is -2.55. The van der Waals surface area contributed by atoms with Gasteiger partial charge >= 0.3 is 0 Å². The van der Waals surface area contributed by atoms with Gasteiger partial charge in [-0.25, -0.2) is 0 Å². The second-order valence-electron chi connectivity index (χ2n) is 8.20. The third-order valence-corrected chi connectivity index (χ3v) is 6.35. The van der Waals surface area contributed by atoms with Crippen molar-refractivity contribution in [1.29, 1.82) is 0 Å². The minimum absolute atomic E-state index is 0.0652. The van der Waals surface area contributed by atoms with Crippen molar-refractivity contribution in [3.8, 4) is 0 Å². The molecule has 2 aromatic rings. The van der Waals surface area contributed by atoms with Crippen LogP contribution in [0, 0.1) is 11.8 Å². The number of para-hydroxylation sites is 1. The highest BCUT2D eigenvalue weighted by Gasteiger charge is 2.40. The number of H-pyrrole nitrogens is 1. The highest BCUT2D eigenvalue weighted by molar-refractivity contribution is 5.89. The minimum atomic E-state index is 0.0652. The largest absolute Gasteiger partial charge is 0.361 e. The van der Waals surface area contributed by atoms with Crippen LogP contribution in [0.2, 0.25) is 0 Å². The number of amides is 2. The third-order valence-electron chi connectivity index (χ3n) is 6.35. The molecule has 144 valence electrons. The van der Waals surface area contributed by atoms with Gasteiger partial charge in [0.1, 0.15) is 0 Å². The summed E-state index contributed by atoms with van der Waals surface area (Å²) >= 11 is 0. The molecule has 1 saturated carbocycles. The quantitative estimate of drug-likeness (QED) is 0.758. The molecule has 5 nitrogen and oxygen atoms in total. The number of aromatic nitrogens is 1. The zero-order valence-electron chi connectivity index (χ0n) is 16.0. The van der Waals surface area contributed by atoms with E-state index >= 15 is 0 Å². The number of carbonyl (C=O) groups is 2. The molecular weight excluding hydrogens is 338 g/mol. The number of aromatic amines is 1. The van der Waals surface area contributed by atoms with Crippen LogP contribution in [0.15, 0.2) is 30.5 Å². The van der Waals surface area contributed by atoms with Crippen molar-refractivity contribution in [2.75, 3.05) is 0 Å². The van der Waals surface area contributed by atoms with Crippen molar-refractivity contribution >= 4 is 22.7 Å². The van der Waals surface area contributed by atoms with Crippen LogP contribution >= 0.6 is 0 Å². The maximum Gasteiger partial charge on any atom is 0.224 e. The maximum absolute atomic E-state index is 12.6. The molecule has 2 fully saturated rings. The highest BCUT2D eigenvalue weighted by Crippen LogP contribution is 2.37. The van der Waals surface area contributed by atoms with E-state index in [1.165, 1.54) is 0 Å². The first-order valence-corrected chi connectivity index (χ1v) is 10.3. The average Bonchev–Trinajstić information content (AvgIpc) is 3.04. The molecular formula is C22H29N3O2. The minimum Gasteiger partial charge on any atom is -0.361 e. The van der Waals surface area contributed by atoms with Gasteiger partial charge in [0.2, 0.25) is 11.8 Å². The number of rotatable bonds is 5. The van der Waals surface area contributed by atoms with Crippen molar-refractivity contribution < 1.29 is 9.59 Å². The normalized spacial score (nSPS) is 27.8. The van der Waals surface area contributed by atoms with Gasteiger partial charge in [-0.3, -0.25) is 9.59 Å². The molecule has 1 aromatic carbocycles. The molecule has 1 saturated heterocycles. The molecule has 2 aliphatic rings. The lowest BCUT2D eigenvalue weighted by molar-refractivity contribution is -0.127. The summed E-state index contributed by atoms with van der Waals surface area (Å²) < 4.78 is 0. The van der Waals surface area contributed by atoms with Gasteiger partial charge in [0.25, 0.3) is 0 Å². The molecule has 1 aromatic heterocycles. The summed E-state index contributed by atoms with van der Waals surface area (Å²) in [5, 5.41) is 7.51. The predicted octanol–water partition coefficient (Wildman–Crippen LogP) is 3.30. The Bertz CT molecular complexity index is 828. The van der Waals surface area contributed by atoms with Crippen LogP contribution in [-0.4, -0.2) is 28.9 Å². The topological polar surface area (TPSA) is 74.0 Å². The van der Waals surface area contributed by atoms with Crippen molar-refractivity contribution in [1.82, 2.24) is 15.6 Å². The molecule has 4 unspecified atom stereocenters. The van der Waals surface area contributed by atoms with Crippen LogP contribution in [0.4, 0.5) is 0 Å². The van der Waals surface area contributed by atoms with Crippen LogP contribution in [0.3, 0.4) is 0 Å². The number of nitrogens with one attached hydrogen (secondary N) is 3. The summed E-state index contributed by atoms with van der Waals surface area (Å²) in [6, 6.07) is 8.43. The lowest BCUT2D eigenvalue weighted by Gasteiger charge is -2.44. The summed E-state index contributed by atoms with van der Waals surface area (Å²) in [5.41, 5.74) is 2.10. The second kappa shape index (κ2) is 7.75. The fourth-order valence-electron chi connectivity index (χ4n) is 5.13. The van der Waals surface area contributed by atoms with Crippen LogP contribution in [0.5, 0.6) is 0 Å². The van der Waals surface area contributed by atoms with Gasteiger partial charge in [-0.05, 0) is 49.1 Å². The Balaban J connectivity index is 1.36. The number of carbonyl (C=O) groups excluding carboxylic acids is 2. The van der Waals surface area contributed by atoms with Gasteiger partial charge in [0, 0.05) is 35.6 Å².